The summed E-state index contributed by atoms with van der Waals surface area (Å²) in [7, 11) is 0. The number of para-hydroxylation sites is 2. The third kappa shape index (κ3) is 6.41. The van der Waals surface area contributed by atoms with E-state index in [2.05, 4.69) is 16.3 Å². The highest BCUT2D eigenvalue weighted by Crippen LogP contribution is 2.25. The monoisotopic (exact) mass is 478 g/mol. The Kier molecular flexibility index (Phi) is 8.77. The van der Waals surface area contributed by atoms with Gasteiger partial charge in [-0.2, -0.15) is 0 Å². The minimum atomic E-state index is -0.122. The number of ether oxygens (including phenoxy) is 1. The van der Waals surface area contributed by atoms with Gasteiger partial charge in [-0.1, -0.05) is 36.4 Å². The zero-order valence-electron chi connectivity index (χ0n) is 21.0. The highest BCUT2D eigenvalue weighted by Gasteiger charge is 2.29. The molecule has 1 atom stereocenters. The van der Waals surface area contributed by atoms with Crippen molar-refractivity contribution in [1.29, 1.82) is 0 Å². The average molecular weight is 479 g/mol. The molecule has 7 nitrogen and oxygen atoms in total. The molecular weight excluding hydrogens is 440 g/mol. The molecule has 2 aliphatic heterocycles. The van der Waals surface area contributed by atoms with Crippen molar-refractivity contribution in [3.05, 3.63) is 59.7 Å². The molecule has 2 aliphatic rings. The third-order valence-corrected chi connectivity index (χ3v) is 6.90. The molecule has 0 aromatic heterocycles. The summed E-state index contributed by atoms with van der Waals surface area (Å²) in [4.78, 5) is 32.4. The first-order valence-electron chi connectivity index (χ1n) is 12.9. The Hall–Kier alpha value is -2.90. The molecule has 1 fully saturated rings. The number of hydrogen-bond donors (Lipinski definition) is 1. The summed E-state index contributed by atoms with van der Waals surface area (Å²) in [6.07, 6.45) is 2.75. The minimum Gasteiger partial charge on any atom is -0.494 e. The Balaban J connectivity index is 1.61. The molecular formula is C28H38N4O3. The number of fused-ring (bicyclic) bond motifs is 1. The van der Waals surface area contributed by atoms with Gasteiger partial charge < -0.3 is 19.9 Å². The molecule has 35 heavy (non-hydrogen) atoms. The second-order valence-corrected chi connectivity index (χ2v) is 9.38. The number of nitrogens with one attached hydrogen (secondary N) is 1. The van der Waals surface area contributed by atoms with E-state index in [1.807, 2.05) is 59.2 Å². The zero-order valence-corrected chi connectivity index (χ0v) is 21.0. The predicted molar refractivity (Wildman–Crippen MR) is 138 cm³/mol. The Morgan fingerprint density at radius 3 is 2.57 bits per heavy atom. The second-order valence-electron chi connectivity index (χ2n) is 9.38. The van der Waals surface area contributed by atoms with Gasteiger partial charge in [0.05, 0.1) is 12.6 Å². The fraction of sp³-hybridized carbons (Fsp3) is 0.500. The molecule has 7 heteroatoms. The minimum absolute atomic E-state index is 0.0280. The lowest BCUT2D eigenvalue weighted by Gasteiger charge is -2.30. The normalized spacial score (nSPS) is 19.7. The molecule has 0 radical (unpaired) electrons. The van der Waals surface area contributed by atoms with Crippen LogP contribution >= 0.6 is 0 Å². The van der Waals surface area contributed by atoms with Crippen LogP contribution in [0, 0.1) is 0 Å². The van der Waals surface area contributed by atoms with E-state index in [1.165, 1.54) is 0 Å². The lowest BCUT2D eigenvalue weighted by molar-refractivity contribution is -0.134. The molecule has 0 aliphatic carbocycles. The maximum absolute atomic E-state index is 13.5. The van der Waals surface area contributed by atoms with Crippen LogP contribution in [-0.2, 0) is 22.7 Å². The summed E-state index contributed by atoms with van der Waals surface area (Å²) < 4.78 is 5.86. The molecule has 4 rings (SSSR count). The van der Waals surface area contributed by atoms with Crippen molar-refractivity contribution >= 4 is 17.5 Å². The summed E-state index contributed by atoms with van der Waals surface area (Å²) in [6, 6.07) is 16.0. The second kappa shape index (κ2) is 12.2. The Morgan fingerprint density at radius 2 is 1.80 bits per heavy atom. The number of carbonyl (C=O) groups is 2. The predicted octanol–water partition coefficient (Wildman–Crippen LogP) is 3.42. The van der Waals surface area contributed by atoms with Gasteiger partial charge in [-0.15, -0.1) is 0 Å². The van der Waals surface area contributed by atoms with Crippen molar-refractivity contribution in [3.8, 4) is 5.75 Å². The van der Waals surface area contributed by atoms with Crippen LogP contribution in [0.3, 0.4) is 0 Å². The summed E-state index contributed by atoms with van der Waals surface area (Å²) in [6.45, 7) is 9.26. The number of benzene rings is 2. The van der Waals surface area contributed by atoms with Gasteiger partial charge in [0.25, 0.3) is 0 Å². The van der Waals surface area contributed by atoms with E-state index in [0.717, 1.165) is 68.0 Å². The zero-order chi connectivity index (χ0) is 24.6. The summed E-state index contributed by atoms with van der Waals surface area (Å²) in [5.74, 6) is 1.09. The van der Waals surface area contributed by atoms with E-state index in [4.69, 9.17) is 4.74 Å². The number of nitrogens with zero attached hydrogens (tertiary/aromatic N) is 3. The number of anilines is 1. The number of rotatable bonds is 5. The molecule has 2 amide bonds. The lowest BCUT2D eigenvalue weighted by atomic mass is 10.1. The van der Waals surface area contributed by atoms with Crippen LogP contribution in [0.15, 0.2) is 48.5 Å². The number of amides is 2. The molecule has 188 valence electrons. The standard InChI is InChI=1S/C28H38N4O3/c1-3-35-27-14-7-5-11-24(27)20-30-16-9-17-32(22(2)33)26-13-6-4-10-23(26)21-31(19-18-30)28(34)25-12-8-15-29-25/h4-7,10-11,13-14,25,29H,3,8-9,12,15-21H2,1-2H3/t25-/m1/s1. The summed E-state index contributed by atoms with van der Waals surface area (Å²) in [5.41, 5.74) is 3.07. The van der Waals surface area contributed by atoms with Gasteiger partial charge in [0.15, 0.2) is 0 Å². The molecule has 0 bridgehead atoms. The van der Waals surface area contributed by atoms with Crippen molar-refractivity contribution in [2.24, 2.45) is 0 Å². The van der Waals surface area contributed by atoms with Gasteiger partial charge in [-0.25, -0.2) is 0 Å². The van der Waals surface area contributed by atoms with Gasteiger partial charge in [-0.05, 0) is 50.4 Å². The quantitative estimate of drug-likeness (QED) is 0.713. The number of carbonyl (C=O) groups excluding carboxylic acids is 2. The first-order chi connectivity index (χ1) is 17.1. The largest absolute Gasteiger partial charge is 0.494 e. The Labute approximate surface area is 209 Å². The van der Waals surface area contributed by atoms with Crippen LogP contribution in [0.4, 0.5) is 5.69 Å². The van der Waals surface area contributed by atoms with Crippen LogP contribution in [0.25, 0.3) is 0 Å². The molecule has 2 aromatic carbocycles. The van der Waals surface area contributed by atoms with E-state index in [1.54, 1.807) is 6.92 Å². The molecule has 1 saturated heterocycles. The van der Waals surface area contributed by atoms with Crippen molar-refractivity contribution in [2.45, 2.75) is 52.2 Å². The van der Waals surface area contributed by atoms with Crippen molar-refractivity contribution < 1.29 is 14.3 Å². The lowest BCUT2D eigenvalue weighted by Crippen LogP contribution is -2.46. The Morgan fingerprint density at radius 1 is 1.00 bits per heavy atom. The molecule has 2 aromatic rings. The smallest absolute Gasteiger partial charge is 0.240 e. The van der Waals surface area contributed by atoms with Crippen molar-refractivity contribution in [3.63, 3.8) is 0 Å². The summed E-state index contributed by atoms with van der Waals surface area (Å²) >= 11 is 0. The van der Waals surface area contributed by atoms with Crippen molar-refractivity contribution in [1.82, 2.24) is 15.1 Å². The van der Waals surface area contributed by atoms with Gasteiger partial charge in [-0.3, -0.25) is 14.5 Å². The van der Waals surface area contributed by atoms with Gasteiger partial charge in [0.2, 0.25) is 11.8 Å². The van der Waals surface area contributed by atoms with Crippen LogP contribution < -0.4 is 15.0 Å². The molecule has 0 saturated carbocycles. The van der Waals surface area contributed by atoms with E-state index < -0.39 is 0 Å². The third-order valence-electron chi connectivity index (χ3n) is 6.90. The maximum atomic E-state index is 13.5. The number of hydrogen-bond acceptors (Lipinski definition) is 5. The Bertz CT molecular complexity index is 1010. The maximum Gasteiger partial charge on any atom is 0.240 e. The van der Waals surface area contributed by atoms with E-state index in [0.29, 0.717) is 26.2 Å². The topological polar surface area (TPSA) is 65.1 Å². The van der Waals surface area contributed by atoms with Gasteiger partial charge in [0.1, 0.15) is 5.75 Å². The highest BCUT2D eigenvalue weighted by atomic mass is 16.5. The SMILES string of the molecule is CCOc1ccccc1CN1CCCN(C(C)=O)c2ccccc2CN(C(=O)[C@H]2CCCN2)CC1. The fourth-order valence-electron chi connectivity index (χ4n) is 5.10. The van der Waals surface area contributed by atoms with Gasteiger partial charge >= 0.3 is 0 Å². The van der Waals surface area contributed by atoms with E-state index in [-0.39, 0.29) is 17.9 Å². The average Bonchev–Trinajstić information content (AvgIpc) is 3.39. The van der Waals surface area contributed by atoms with E-state index in [9.17, 15) is 9.59 Å². The van der Waals surface area contributed by atoms with E-state index >= 15 is 0 Å². The van der Waals surface area contributed by atoms with Crippen molar-refractivity contribution in [2.75, 3.05) is 44.2 Å². The fourth-order valence-corrected chi connectivity index (χ4v) is 5.10. The highest BCUT2D eigenvalue weighted by molar-refractivity contribution is 5.92. The molecule has 0 spiro atoms. The van der Waals surface area contributed by atoms with Crippen LogP contribution in [-0.4, -0.2) is 67.0 Å². The molecule has 0 unspecified atom stereocenters. The van der Waals surface area contributed by atoms with Crippen LogP contribution in [0.1, 0.15) is 44.2 Å². The first-order valence-corrected chi connectivity index (χ1v) is 12.9. The van der Waals surface area contributed by atoms with Gasteiger partial charge in [0, 0.05) is 57.4 Å². The van der Waals surface area contributed by atoms with Crippen LogP contribution in [0.2, 0.25) is 0 Å². The van der Waals surface area contributed by atoms with Crippen LogP contribution in [0.5, 0.6) is 5.75 Å². The molecule has 2 heterocycles. The summed E-state index contributed by atoms with van der Waals surface area (Å²) in [5, 5.41) is 3.37. The molecule has 1 N–H and O–H groups in total. The first kappa shape index (κ1) is 25.2.